The standard InChI is InChI=1S/C23H24N4O/c1-18-21(10-11-22(25-18)19-7-3-2-4-8-19)23(28)27-15-13-26(14-16-27)17-20-9-5-6-12-24-20/h2-12H,13-17H2,1H3. The molecule has 1 aliphatic heterocycles. The fraction of sp³-hybridized carbons (Fsp3) is 0.261. The normalized spacial score (nSPS) is 14.8. The van der Waals surface area contributed by atoms with Gasteiger partial charge in [-0.25, -0.2) is 0 Å². The van der Waals surface area contributed by atoms with E-state index in [-0.39, 0.29) is 5.91 Å². The first-order chi connectivity index (χ1) is 13.7. The summed E-state index contributed by atoms with van der Waals surface area (Å²) in [7, 11) is 0. The molecule has 0 bridgehead atoms. The monoisotopic (exact) mass is 372 g/mol. The zero-order valence-corrected chi connectivity index (χ0v) is 16.1. The van der Waals surface area contributed by atoms with Crippen molar-refractivity contribution in [2.45, 2.75) is 13.5 Å². The van der Waals surface area contributed by atoms with E-state index < -0.39 is 0 Å². The predicted octanol–water partition coefficient (Wildman–Crippen LogP) is 3.41. The lowest BCUT2D eigenvalue weighted by molar-refractivity contribution is 0.0626. The fourth-order valence-electron chi connectivity index (χ4n) is 3.56. The van der Waals surface area contributed by atoms with Gasteiger partial charge in [-0.15, -0.1) is 0 Å². The first-order valence-electron chi connectivity index (χ1n) is 9.65. The van der Waals surface area contributed by atoms with Gasteiger partial charge in [-0.3, -0.25) is 19.7 Å². The number of nitrogens with zero attached hydrogens (tertiary/aromatic N) is 4. The van der Waals surface area contributed by atoms with E-state index in [1.165, 1.54) is 0 Å². The highest BCUT2D eigenvalue weighted by molar-refractivity contribution is 5.95. The first-order valence-corrected chi connectivity index (χ1v) is 9.65. The van der Waals surface area contributed by atoms with E-state index in [1.54, 1.807) is 0 Å². The van der Waals surface area contributed by atoms with E-state index >= 15 is 0 Å². The number of aromatic nitrogens is 2. The molecule has 5 heteroatoms. The fourth-order valence-corrected chi connectivity index (χ4v) is 3.56. The van der Waals surface area contributed by atoms with E-state index in [4.69, 9.17) is 0 Å². The zero-order chi connectivity index (χ0) is 19.3. The molecule has 1 aliphatic rings. The molecule has 0 atom stereocenters. The van der Waals surface area contributed by atoms with Crippen LogP contribution in [0.2, 0.25) is 0 Å². The molecule has 4 rings (SSSR count). The number of hydrogen-bond acceptors (Lipinski definition) is 4. The van der Waals surface area contributed by atoms with Gasteiger partial charge in [-0.1, -0.05) is 36.4 Å². The molecule has 0 spiro atoms. The maximum absolute atomic E-state index is 13.0. The molecule has 5 nitrogen and oxygen atoms in total. The van der Waals surface area contributed by atoms with Crippen LogP contribution in [-0.4, -0.2) is 51.9 Å². The highest BCUT2D eigenvalue weighted by Crippen LogP contribution is 2.20. The van der Waals surface area contributed by atoms with Crippen molar-refractivity contribution in [3.05, 3.63) is 83.8 Å². The van der Waals surface area contributed by atoms with Crippen LogP contribution < -0.4 is 0 Å². The molecule has 0 radical (unpaired) electrons. The maximum atomic E-state index is 13.0. The second-order valence-electron chi connectivity index (χ2n) is 7.08. The lowest BCUT2D eigenvalue weighted by Gasteiger charge is -2.34. The van der Waals surface area contributed by atoms with Crippen LogP contribution in [0.25, 0.3) is 11.3 Å². The van der Waals surface area contributed by atoms with Crippen molar-refractivity contribution in [2.24, 2.45) is 0 Å². The topological polar surface area (TPSA) is 49.3 Å². The number of pyridine rings is 2. The highest BCUT2D eigenvalue weighted by atomic mass is 16.2. The minimum atomic E-state index is 0.0714. The maximum Gasteiger partial charge on any atom is 0.255 e. The Morgan fingerprint density at radius 1 is 0.929 bits per heavy atom. The SMILES string of the molecule is Cc1nc(-c2ccccc2)ccc1C(=O)N1CCN(Cc2ccccn2)CC1. The summed E-state index contributed by atoms with van der Waals surface area (Å²) in [5.41, 5.74) is 4.50. The van der Waals surface area contributed by atoms with Crippen molar-refractivity contribution in [3.8, 4) is 11.3 Å². The minimum Gasteiger partial charge on any atom is -0.336 e. The number of carbonyl (C=O) groups excluding carboxylic acids is 1. The summed E-state index contributed by atoms with van der Waals surface area (Å²) in [6.45, 7) is 5.91. The van der Waals surface area contributed by atoms with Gasteiger partial charge in [0.1, 0.15) is 0 Å². The van der Waals surface area contributed by atoms with Gasteiger partial charge < -0.3 is 4.90 Å². The molecule has 28 heavy (non-hydrogen) atoms. The zero-order valence-electron chi connectivity index (χ0n) is 16.1. The number of rotatable bonds is 4. The van der Waals surface area contributed by atoms with Crippen LogP contribution in [0.3, 0.4) is 0 Å². The summed E-state index contributed by atoms with van der Waals surface area (Å²) in [5.74, 6) is 0.0714. The second-order valence-corrected chi connectivity index (χ2v) is 7.08. The Hall–Kier alpha value is -3.05. The summed E-state index contributed by atoms with van der Waals surface area (Å²) in [5, 5.41) is 0. The van der Waals surface area contributed by atoms with Gasteiger partial charge >= 0.3 is 0 Å². The summed E-state index contributed by atoms with van der Waals surface area (Å²) in [6, 6.07) is 19.9. The molecule has 0 aliphatic carbocycles. The van der Waals surface area contributed by atoms with Crippen LogP contribution in [0.5, 0.6) is 0 Å². The van der Waals surface area contributed by atoms with Gasteiger partial charge in [0.25, 0.3) is 5.91 Å². The molecule has 1 aromatic carbocycles. The second kappa shape index (κ2) is 8.31. The molecule has 3 aromatic rings. The first kappa shape index (κ1) is 18.3. The van der Waals surface area contributed by atoms with Crippen molar-refractivity contribution in [2.75, 3.05) is 26.2 Å². The summed E-state index contributed by atoms with van der Waals surface area (Å²) in [4.78, 5) is 26.3. The molecular weight excluding hydrogens is 348 g/mol. The van der Waals surface area contributed by atoms with Crippen LogP contribution in [0.1, 0.15) is 21.7 Å². The van der Waals surface area contributed by atoms with Gasteiger partial charge in [0.15, 0.2) is 0 Å². The molecule has 142 valence electrons. The Labute approximate surface area is 165 Å². The van der Waals surface area contributed by atoms with Crippen molar-refractivity contribution < 1.29 is 4.79 Å². The van der Waals surface area contributed by atoms with E-state index in [9.17, 15) is 4.79 Å². The quantitative estimate of drug-likeness (QED) is 0.704. The Bertz CT molecular complexity index is 935. The Balaban J connectivity index is 1.40. The van der Waals surface area contributed by atoms with Crippen molar-refractivity contribution in [3.63, 3.8) is 0 Å². The van der Waals surface area contributed by atoms with Crippen molar-refractivity contribution in [1.29, 1.82) is 0 Å². The molecule has 1 amide bonds. The summed E-state index contributed by atoms with van der Waals surface area (Å²) in [6.07, 6.45) is 1.82. The van der Waals surface area contributed by atoms with Crippen LogP contribution in [0.4, 0.5) is 0 Å². The highest BCUT2D eigenvalue weighted by Gasteiger charge is 2.24. The molecule has 0 N–H and O–H groups in total. The third-order valence-corrected chi connectivity index (χ3v) is 5.16. The van der Waals surface area contributed by atoms with Gasteiger partial charge in [0.2, 0.25) is 0 Å². The number of benzene rings is 1. The molecule has 3 heterocycles. The van der Waals surface area contributed by atoms with Gasteiger partial charge in [-0.05, 0) is 31.2 Å². The number of carbonyl (C=O) groups is 1. The smallest absolute Gasteiger partial charge is 0.255 e. The minimum absolute atomic E-state index is 0.0714. The largest absolute Gasteiger partial charge is 0.336 e. The summed E-state index contributed by atoms with van der Waals surface area (Å²) < 4.78 is 0. The predicted molar refractivity (Wildman–Crippen MR) is 110 cm³/mol. The van der Waals surface area contributed by atoms with Crippen LogP contribution in [0, 0.1) is 6.92 Å². The average molecular weight is 372 g/mol. The van der Waals surface area contributed by atoms with E-state index in [0.717, 1.165) is 55.4 Å². The molecule has 1 fully saturated rings. The Kier molecular flexibility index (Phi) is 5.44. The van der Waals surface area contributed by atoms with Crippen LogP contribution >= 0.6 is 0 Å². The van der Waals surface area contributed by atoms with Gasteiger partial charge in [0, 0.05) is 44.5 Å². The van der Waals surface area contributed by atoms with E-state index in [1.807, 2.05) is 78.7 Å². The molecule has 1 saturated heterocycles. The number of hydrogen-bond donors (Lipinski definition) is 0. The van der Waals surface area contributed by atoms with E-state index in [0.29, 0.717) is 5.56 Å². The van der Waals surface area contributed by atoms with Gasteiger partial charge in [-0.2, -0.15) is 0 Å². The third-order valence-electron chi connectivity index (χ3n) is 5.16. The third kappa shape index (κ3) is 4.10. The molecular formula is C23H24N4O. The number of piperazine rings is 1. The summed E-state index contributed by atoms with van der Waals surface area (Å²) >= 11 is 0. The molecule has 2 aromatic heterocycles. The lowest BCUT2D eigenvalue weighted by Crippen LogP contribution is -2.48. The number of amides is 1. The lowest BCUT2D eigenvalue weighted by atomic mass is 10.1. The molecule has 0 unspecified atom stereocenters. The Morgan fingerprint density at radius 3 is 2.36 bits per heavy atom. The average Bonchev–Trinajstić information content (AvgIpc) is 2.75. The number of aryl methyl sites for hydroxylation is 1. The molecule has 0 saturated carbocycles. The van der Waals surface area contributed by atoms with Crippen LogP contribution in [-0.2, 0) is 6.54 Å². The van der Waals surface area contributed by atoms with Crippen molar-refractivity contribution in [1.82, 2.24) is 19.8 Å². The van der Waals surface area contributed by atoms with Crippen molar-refractivity contribution >= 4 is 5.91 Å². The van der Waals surface area contributed by atoms with Crippen LogP contribution in [0.15, 0.2) is 66.9 Å². The van der Waals surface area contributed by atoms with E-state index in [2.05, 4.69) is 14.9 Å². The van der Waals surface area contributed by atoms with Gasteiger partial charge in [0.05, 0.1) is 22.6 Å². The Morgan fingerprint density at radius 2 is 1.68 bits per heavy atom.